The Kier molecular flexibility index (Phi) is 8.36. The normalized spacial score (nSPS) is 11.8. The Balaban J connectivity index is 2.59. The van der Waals surface area contributed by atoms with Gasteiger partial charge in [-0.1, -0.05) is 26.3 Å². The van der Waals surface area contributed by atoms with Crippen molar-refractivity contribution in [3.05, 3.63) is 23.8 Å². The Labute approximate surface area is 133 Å². The van der Waals surface area contributed by atoms with Gasteiger partial charge >= 0.3 is 0 Å². The monoisotopic (exact) mass is 308 g/mol. The molecular formula is C17H28N2O3. The number of benzene rings is 1. The zero-order chi connectivity index (χ0) is 16.4. The summed E-state index contributed by atoms with van der Waals surface area (Å²) in [6.45, 7) is 5.86. The Morgan fingerprint density at radius 1 is 1.32 bits per heavy atom. The van der Waals surface area contributed by atoms with Gasteiger partial charge in [0.25, 0.3) is 0 Å². The molecule has 2 N–H and O–H groups in total. The molecule has 0 aliphatic rings. The van der Waals surface area contributed by atoms with Crippen molar-refractivity contribution in [2.24, 2.45) is 5.92 Å². The van der Waals surface area contributed by atoms with Gasteiger partial charge in [-0.05, 0) is 31.2 Å². The van der Waals surface area contributed by atoms with Crippen molar-refractivity contribution in [3.63, 3.8) is 0 Å². The predicted octanol–water partition coefficient (Wildman–Crippen LogP) is 2.35. The van der Waals surface area contributed by atoms with Crippen LogP contribution in [0.2, 0.25) is 0 Å². The number of methoxy groups -OCH3 is 1. The van der Waals surface area contributed by atoms with Crippen molar-refractivity contribution in [1.29, 1.82) is 0 Å². The summed E-state index contributed by atoms with van der Waals surface area (Å²) < 4.78 is 11.1. The zero-order valence-corrected chi connectivity index (χ0v) is 14.1. The number of nitrogens with one attached hydrogen (secondary N) is 2. The van der Waals surface area contributed by atoms with Crippen molar-refractivity contribution in [1.82, 2.24) is 10.6 Å². The van der Waals surface area contributed by atoms with Crippen LogP contribution in [-0.4, -0.2) is 33.2 Å². The van der Waals surface area contributed by atoms with Crippen LogP contribution in [-0.2, 0) is 11.3 Å². The SMILES string of the molecule is CCCCOc1ccc(CNC(=O)C(C)CNC)cc1OC. The third kappa shape index (κ3) is 5.93. The van der Waals surface area contributed by atoms with Crippen LogP contribution in [0.3, 0.4) is 0 Å². The molecule has 1 rings (SSSR count). The van der Waals surface area contributed by atoms with Crippen LogP contribution in [0.1, 0.15) is 32.3 Å². The third-order valence-electron chi connectivity index (χ3n) is 3.41. The lowest BCUT2D eigenvalue weighted by Gasteiger charge is -2.14. The number of rotatable bonds is 10. The Bertz CT molecular complexity index is 463. The minimum absolute atomic E-state index is 0.0385. The van der Waals surface area contributed by atoms with E-state index in [1.54, 1.807) is 7.11 Å². The summed E-state index contributed by atoms with van der Waals surface area (Å²) in [5.41, 5.74) is 0.990. The highest BCUT2D eigenvalue weighted by molar-refractivity contribution is 5.78. The van der Waals surface area contributed by atoms with Crippen molar-refractivity contribution in [3.8, 4) is 11.5 Å². The number of hydrogen-bond acceptors (Lipinski definition) is 4. The molecule has 1 atom stereocenters. The molecule has 0 aliphatic heterocycles. The lowest BCUT2D eigenvalue weighted by molar-refractivity contribution is -0.124. The smallest absolute Gasteiger partial charge is 0.224 e. The summed E-state index contributed by atoms with van der Waals surface area (Å²) in [5.74, 6) is 1.43. The standard InChI is InChI=1S/C17H28N2O3/c1-5-6-9-22-15-8-7-14(10-16(15)21-4)12-19-17(20)13(2)11-18-3/h7-8,10,13,18H,5-6,9,11-12H2,1-4H3,(H,19,20). The highest BCUT2D eigenvalue weighted by atomic mass is 16.5. The van der Waals surface area contributed by atoms with Crippen LogP contribution >= 0.6 is 0 Å². The Morgan fingerprint density at radius 3 is 2.73 bits per heavy atom. The summed E-state index contributed by atoms with van der Waals surface area (Å²) in [6.07, 6.45) is 2.11. The van der Waals surface area contributed by atoms with Crippen LogP contribution in [0.25, 0.3) is 0 Å². The van der Waals surface area contributed by atoms with Gasteiger partial charge in [0.2, 0.25) is 5.91 Å². The topological polar surface area (TPSA) is 59.6 Å². The van der Waals surface area contributed by atoms with Crippen molar-refractivity contribution < 1.29 is 14.3 Å². The van der Waals surface area contributed by atoms with E-state index < -0.39 is 0 Å². The molecule has 5 heteroatoms. The minimum atomic E-state index is -0.0523. The Hall–Kier alpha value is -1.75. The molecule has 0 saturated carbocycles. The second kappa shape index (κ2) is 10.1. The van der Waals surface area contributed by atoms with Crippen LogP contribution in [0, 0.1) is 5.92 Å². The molecule has 0 saturated heterocycles. The molecule has 1 aromatic carbocycles. The van der Waals surface area contributed by atoms with Crippen molar-refractivity contribution in [2.75, 3.05) is 27.3 Å². The van der Waals surface area contributed by atoms with Crippen LogP contribution in [0.5, 0.6) is 11.5 Å². The van der Waals surface area contributed by atoms with Crippen molar-refractivity contribution in [2.45, 2.75) is 33.2 Å². The molecule has 22 heavy (non-hydrogen) atoms. The van der Waals surface area contributed by atoms with Crippen LogP contribution in [0.15, 0.2) is 18.2 Å². The lowest BCUT2D eigenvalue weighted by atomic mass is 10.1. The highest BCUT2D eigenvalue weighted by Gasteiger charge is 2.12. The van der Waals surface area contributed by atoms with Crippen LogP contribution in [0.4, 0.5) is 0 Å². The minimum Gasteiger partial charge on any atom is -0.493 e. The molecule has 1 aromatic rings. The van der Waals surface area contributed by atoms with Gasteiger partial charge in [0, 0.05) is 19.0 Å². The molecule has 1 amide bonds. The van der Waals surface area contributed by atoms with Crippen LogP contribution < -0.4 is 20.1 Å². The number of hydrogen-bond donors (Lipinski definition) is 2. The first-order chi connectivity index (χ1) is 10.6. The maximum atomic E-state index is 11.9. The van der Waals surface area contributed by atoms with E-state index in [9.17, 15) is 4.79 Å². The molecule has 0 radical (unpaired) electrons. The average Bonchev–Trinajstić information content (AvgIpc) is 2.53. The van der Waals surface area contributed by atoms with E-state index in [4.69, 9.17) is 9.47 Å². The molecule has 0 bridgehead atoms. The van der Waals surface area contributed by atoms with E-state index in [0.717, 1.165) is 24.2 Å². The fraction of sp³-hybridized carbons (Fsp3) is 0.588. The van der Waals surface area contributed by atoms with Gasteiger partial charge in [0.1, 0.15) is 0 Å². The van der Waals surface area contributed by atoms with E-state index in [-0.39, 0.29) is 11.8 Å². The number of unbranched alkanes of at least 4 members (excludes halogenated alkanes) is 1. The summed E-state index contributed by atoms with van der Waals surface area (Å²) in [5, 5.41) is 5.93. The van der Waals surface area contributed by atoms with E-state index in [2.05, 4.69) is 17.6 Å². The fourth-order valence-corrected chi connectivity index (χ4v) is 2.03. The molecule has 5 nitrogen and oxygen atoms in total. The first kappa shape index (κ1) is 18.3. The summed E-state index contributed by atoms with van der Waals surface area (Å²) in [6, 6.07) is 5.75. The van der Waals surface area contributed by atoms with E-state index in [1.807, 2.05) is 32.2 Å². The molecular weight excluding hydrogens is 280 g/mol. The molecule has 0 aliphatic carbocycles. The molecule has 124 valence electrons. The lowest BCUT2D eigenvalue weighted by Crippen LogP contribution is -2.33. The fourth-order valence-electron chi connectivity index (χ4n) is 2.03. The molecule has 0 fully saturated rings. The summed E-state index contributed by atoms with van der Waals surface area (Å²) in [4.78, 5) is 11.9. The second-order valence-corrected chi connectivity index (χ2v) is 5.36. The van der Waals surface area contributed by atoms with Gasteiger partial charge in [0.05, 0.1) is 13.7 Å². The second-order valence-electron chi connectivity index (χ2n) is 5.36. The first-order valence-corrected chi connectivity index (χ1v) is 7.84. The van der Waals surface area contributed by atoms with Crippen molar-refractivity contribution >= 4 is 5.91 Å². The van der Waals surface area contributed by atoms with Gasteiger partial charge < -0.3 is 20.1 Å². The number of ether oxygens (including phenoxy) is 2. The maximum absolute atomic E-state index is 11.9. The quantitative estimate of drug-likeness (QED) is 0.651. The molecule has 1 unspecified atom stereocenters. The number of carbonyl (C=O) groups excluding carboxylic acids is 1. The largest absolute Gasteiger partial charge is 0.493 e. The van der Waals surface area contributed by atoms with Gasteiger partial charge in [0.15, 0.2) is 11.5 Å². The average molecular weight is 308 g/mol. The highest BCUT2D eigenvalue weighted by Crippen LogP contribution is 2.28. The number of amides is 1. The molecule has 0 spiro atoms. The summed E-state index contributed by atoms with van der Waals surface area (Å²) >= 11 is 0. The molecule has 0 aromatic heterocycles. The third-order valence-corrected chi connectivity index (χ3v) is 3.41. The van der Waals surface area contributed by atoms with E-state index >= 15 is 0 Å². The van der Waals surface area contributed by atoms with Gasteiger partial charge in [-0.3, -0.25) is 4.79 Å². The number of carbonyl (C=O) groups is 1. The Morgan fingerprint density at radius 2 is 2.09 bits per heavy atom. The van der Waals surface area contributed by atoms with E-state index in [0.29, 0.717) is 25.4 Å². The first-order valence-electron chi connectivity index (χ1n) is 7.84. The maximum Gasteiger partial charge on any atom is 0.224 e. The predicted molar refractivity (Wildman–Crippen MR) is 88.3 cm³/mol. The zero-order valence-electron chi connectivity index (χ0n) is 14.1. The molecule has 0 heterocycles. The summed E-state index contributed by atoms with van der Waals surface area (Å²) in [7, 11) is 3.46. The van der Waals surface area contributed by atoms with Gasteiger partial charge in [-0.2, -0.15) is 0 Å². The van der Waals surface area contributed by atoms with Gasteiger partial charge in [-0.25, -0.2) is 0 Å². The van der Waals surface area contributed by atoms with E-state index in [1.165, 1.54) is 0 Å². The van der Waals surface area contributed by atoms with Gasteiger partial charge in [-0.15, -0.1) is 0 Å².